The maximum absolute atomic E-state index is 12.1. The number of benzene rings is 2. The van der Waals surface area contributed by atoms with Crippen molar-refractivity contribution in [3.63, 3.8) is 0 Å². The van der Waals surface area contributed by atoms with E-state index < -0.39 is 0 Å². The Morgan fingerprint density at radius 3 is 2.62 bits per heavy atom. The van der Waals surface area contributed by atoms with Crippen LogP contribution in [0.15, 0.2) is 59.1 Å². The Morgan fingerprint density at radius 2 is 1.88 bits per heavy atom. The highest BCUT2D eigenvalue weighted by molar-refractivity contribution is 6.30. The second-order valence-electron chi connectivity index (χ2n) is 6.13. The first-order valence-electron chi connectivity index (χ1n) is 8.52. The average molecular weight is 370 g/mol. The Kier molecular flexibility index (Phi) is 6.02. The minimum Gasteiger partial charge on any atom is -0.355 e. The Bertz CT molecular complexity index is 847. The molecule has 1 heterocycles. The predicted octanol–water partition coefficient (Wildman–Crippen LogP) is 4.24. The number of amides is 1. The number of aryl methyl sites for hydroxylation is 1. The first kappa shape index (κ1) is 18.1. The summed E-state index contributed by atoms with van der Waals surface area (Å²) in [5, 5.41) is 7.55. The smallest absolute Gasteiger partial charge is 0.227 e. The molecule has 134 valence electrons. The number of hydrogen-bond acceptors (Lipinski definition) is 4. The first-order valence-corrected chi connectivity index (χ1v) is 8.90. The first-order chi connectivity index (χ1) is 12.6. The maximum Gasteiger partial charge on any atom is 0.227 e. The van der Waals surface area contributed by atoms with Crippen molar-refractivity contribution in [3.05, 3.63) is 71.1 Å². The molecule has 0 bridgehead atoms. The molecule has 2 aromatic carbocycles. The van der Waals surface area contributed by atoms with Crippen LogP contribution in [-0.2, 0) is 11.2 Å². The number of nitrogens with one attached hydrogen (secondary N) is 1. The van der Waals surface area contributed by atoms with E-state index in [9.17, 15) is 4.79 Å². The van der Waals surface area contributed by atoms with Crippen molar-refractivity contribution >= 4 is 17.5 Å². The fraction of sp³-hybridized carbons (Fsp3) is 0.250. The molecule has 0 spiro atoms. The highest BCUT2D eigenvalue weighted by Gasteiger charge is 2.12. The number of hydrogen-bond donors (Lipinski definition) is 1. The van der Waals surface area contributed by atoms with Gasteiger partial charge in [0.1, 0.15) is 0 Å². The lowest BCUT2D eigenvalue weighted by molar-refractivity contribution is -0.121. The van der Waals surface area contributed by atoms with Crippen LogP contribution in [0.4, 0.5) is 0 Å². The molecule has 1 atom stereocenters. The number of rotatable bonds is 7. The van der Waals surface area contributed by atoms with E-state index in [2.05, 4.69) is 34.5 Å². The zero-order chi connectivity index (χ0) is 18.4. The summed E-state index contributed by atoms with van der Waals surface area (Å²) in [4.78, 5) is 16.4. The zero-order valence-electron chi connectivity index (χ0n) is 14.5. The Labute approximate surface area is 157 Å². The highest BCUT2D eigenvalue weighted by atomic mass is 35.5. The Morgan fingerprint density at radius 1 is 1.15 bits per heavy atom. The maximum atomic E-state index is 12.1. The molecule has 0 unspecified atom stereocenters. The van der Waals surface area contributed by atoms with Gasteiger partial charge >= 0.3 is 0 Å². The predicted molar refractivity (Wildman–Crippen MR) is 101 cm³/mol. The van der Waals surface area contributed by atoms with Gasteiger partial charge in [0.15, 0.2) is 0 Å². The molecular weight excluding hydrogens is 350 g/mol. The molecule has 1 amide bonds. The molecule has 26 heavy (non-hydrogen) atoms. The van der Waals surface area contributed by atoms with E-state index >= 15 is 0 Å². The van der Waals surface area contributed by atoms with Crippen molar-refractivity contribution < 1.29 is 9.32 Å². The Balaban J connectivity index is 1.47. The summed E-state index contributed by atoms with van der Waals surface area (Å²) in [5.74, 6) is 1.18. The lowest BCUT2D eigenvalue weighted by atomic mass is 10.0. The minimum absolute atomic E-state index is 0.0287. The van der Waals surface area contributed by atoms with Crippen LogP contribution < -0.4 is 5.32 Å². The normalized spacial score (nSPS) is 11.9. The van der Waals surface area contributed by atoms with Crippen LogP contribution in [0.25, 0.3) is 11.4 Å². The van der Waals surface area contributed by atoms with E-state index in [0.29, 0.717) is 36.1 Å². The van der Waals surface area contributed by atoms with E-state index in [-0.39, 0.29) is 11.8 Å². The number of carbonyl (C=O) groups excluding carboxylic acids is 1. The number of nitrogens with zero attached hydrogens (tertiary/aromatic N) is 2. The lowest BCUT2D eigenvalue weighted by Gasteiger charge is -2.12. The Hall–Kier alpha value is -2.66. The lowest BCUT2D eigenvalue weighted by Crippen LogP contribution is -2.27. The molecular formula is C20H20ClN3O2. The third-order valence-corrected chi connectivity index (χ3v) is 4.36. The van der Waals surface area contributed by atoms with Crippen molar-refractivity contribution in [2.75, 3.05) is 6.54 Å². The summed E-state index contributed by atoms with van der Waals surface area (Å²) in [6, 6.07) is 17.3. The molecule has 5 nitrogen and oxygen atoms in total. The molecule has 1 aromatic heterocycles. The zero-order valence-corrected chi connectivity index (χ0v) is 15.2. The average Bonchev–Trinajstić information content (AvgIpc) is 3.14. The molecule has 0 saturated carbocycles. The van der Waals surface area contributed by atoms with Gasteiger partial charge in [-0.15, -0.1) is 0 Å². The molecule has 0 aliphatic rings. The summed E-state index contributed by atoms with van der Waals surface area (Å²) in [6.45, 7) is 2.69. The summed E-state index contributed by atoms with van der Waals surface area (Å²) in [6.07, 6.45) is 0.718. The molecule has 3 aromatic rings. The van der Waals surface area contributed by atoms with E-state index in [1.165, 1.54) is 5.56 Å². The van der Waals surface area contributed by atoms with Crippen LogP contribution in [0, 0.1) is 0 Å². The van der Waals surface area contributed by atoms with Crippen molar-refractivity contribution in [3.8, 4) is 11.4 Å². The SMILES string of the molecule is C[C@@H](CNC(=O)CCc1nc(-c2ccc(Cl)cc2)no1)c1ccccc1. The van der Waals surface area contributed by atoms with Crippen molar-refractivity contribution in [1.29, 1.82) is 0 Å². The number of aromatic nitrogens is 2. The van der Waals surface area contributed by atoms with Gasteiger partial charge in [-0.05, 0) is 35.7 Å². The molecule has 0 aliphatic heterocycles. The fourth-order valence-corrected chi connectivity index (χ4v) is 2.67. The molecule has 0 aliphatic carbocycles. The van der Waals surface area contributed by atoms with Gasteiger partial charge in [0.25, 0.3) is 0 Å². The summed E-state index contributed by atoms with van der Waals surface area (Å²) >= 11 is 5.87. The second kappa shape index (κ2) is 8.63. The molecule has 3 rings (SSSR count). The van der Waals surface area contributed by atoms with Crippen molar-refractivity contribution in [2.45, 2.75) is 25.7 Å². The van der Waals surface area contributed by atoms with E-state index in [1.807, 2.05) is 30.3 Å². The largest absolute Gasteiger partial charge is 0.355 e. The summed E-state index contributed by atoms with van der Waals surface area (Å²) in [7, 11) is 0. The van der Waals surface area contributed by atoms with Crippen LogP contribution in [0.3, 0.4) is 0 Å². The van der Waals surface area contributed by atoms with Gasteiger partial charge in [-0.2, -0.15) is 4.98 Å². The van der Waals surface area contributed by atoms with Crippen molar-refractivity contribution in [2.24, 2.45) is 0 Å². The van der Waals surface area contributed by atoms with Gasteiger partial charge in [-0.3, -0.25) is 4.79 Å². The topological polar surface area (TPSA) is 68.0 Å². The van der Waals surface area contributed by atoms with Gasteiger partial charge in [-0.1, -0.05) is 54.0 Å². The fourth-order valence-electron chi connectivity index (χ4n) is 2.55. The van der Waals surface area contributed by atoms with Gasteiger partial charge in [0.05, 0.1) is 0 Å². The van der Waals surface area contributed by atoms with Crippen LogP contribution in [0.1, 0.15) is 30.7 Å². The monoisotopic (exact) mass is 369 g/mol. The number of carbonyl (C=O) groups is 1. The van der Waals surface area contributed by atoms with E-state index in [4.69, 9.17) is 16.1 Å². The highest BCUT2D eigenvalue weighted by Crippen LogP contribution is 2.19. The van der Waals surface area contributed by atoms with Gasteiger partial charge < -0.3 is 9.84 Å². The summed E-state index contributed by atoms with van der Waals surface area (Å²) < 4.78 is 5.22. The second-order valence-corrected chi connectivity index (χ2v) is 6.57. The molecule has 6 heteroatoms. The summed E-state index contributed by atoms with van der Waals surface area (Å²) in [5.41, 5.74) is 2.03. The quantitative estimate of drug-likeness (QED) is 0.676. The van der Waals surface area contributed by atoms with Crippen LogP contribution in [0.2, 0.25) is 5.02 Å². The van der Waals surface area contributed by atoms with E-state index in [0.717, 1.165) is 5.56 Å². The van der Waals surface area contributed by atoms with Crippen LogP contribution in [-0.4, -0.2) is 22.6 Å². The van der Waals surface area contributed by atoms with Crippen molar-refractivity contribution in [1.82, 2.24) is 15.5 Å². The van der Waals surface area contributed by atoms with Gasteiger partial charge in [-0.25, -0.2) is 0 Å². The molecule has 0 fully saturated rings. The van der Waals surface area contributed by atoms with Gasteiger partial charge in [0, 0.05) is 30.0 Å². The van der Waals surface area contributed by atoms with Crippen LogP contribution in [0.5, 0.6) is 0 Å². The third-order valence-electron chi connectivity index (χ3n) is 4.11. The minimum atomic E-state index is -0.0287. The standard InChI is InChI=1S/C20H20ClN3O2/c1-14(15-5-3-2-4-6-15)13-22-18(25)11-12-19-23-20(24-26-19)16-7-9-17(21)10-8-16/h2-10,14H,11-13H2,1H3,(H,22,25)/t14-/m0/s1. The third kappa shape index (κ3) is 4.92. The molecule has 0 saturated heterocycles. The van der Waals surface area contributed by atoms with E-state index in [1.54, 1.807) is 12.1 Å². The van der Waals surface area contributed by atoms with Gasteiger partial charge in [0.2, 0.25) is 17.6 Å². The number of halogens is 1. The molecule has 1 N–H and O–H groups in total. The molecule has 0 radical (unpaired) electrons. The van der Waals surface area contributed by atoms with Crippen LogP contribution >= 0.6 is 11.6 Å².